The van der Waals surface area contributed by atoms with Crippen LogP contribution in [0.5, 0.6) is 5.75 Å². The van der Waals surface area contributed by atoms with Gasteiger partial charge in [-0.1, -0.05) is 23.7 Å². The highest BCUT2D eigenvalue weighted by atomic mass is 35.5. The van der Waals surface area contributed by atoms with Gasteiger partial charge in [0, 0.05) is 11.3 Å². The zero-order chi connectivity index (χ0) is 14.5. The zero-order valence-electron chi connectivity index (χ0n) is 10.9. The number of aliphatic hydroxyl groups is 1. The maximum atomic E-state index is 14.0. The Hall–Kier alpha value is -1.78. The maximum Gasteiger partial charge on any atom is 0.147 e. The predicted molar refractivity (Wildman–Crippen MR) is 77.9 cm³/mol. The van der Waals surface area contributed by atoms with Crippen LogP contribution in [0, 0.1) is 5.82 Å². The van der Waals surface area contributed by atoms with Gasteiger partial charge in [0.2, 0.25) is 0 Å². The summed E-state index contributed by atoms with van der Waals surface area (Å²) < 4.78 is 19.0. The summed E-state index contributed by atoms with van der Waals surface area (Å²) in [6.07, 6.45) is 0. The quantitative estimate of drug-likeness (QED) is 0.885. The largest absolute Gasteiger partial charge is 0.497 e. The zero-order valence-corrected chi connectivity index (χ0v) is 11.7. The summed E-state index contributed by atoms with van der Waals surface area (Å²) in [5.74, 6) is 0.208. The van der Waals surface area contributed by atoms with Crippen molar-refractivity contribution in [2.75, 3.05) is 19.0 Å². The van der Waals surface area contributed by atoms with Gasteiger partial charge in [-0.15, -0.1) is 0 Å². The third-order valence-corrected chi connectivity index (χ3v) is 3.26. The van der Waals surface area contributed by atoms with E-state index < -0.39 is 11.9 Å². The van der Waals surface area contributed by atoms with Crippen molar-refractivity contribution in [2.24, 2.45) is 0 Å². The molecule has 20 heavy (non-hydrogen) atoms. The molecule has 5 heteroatoms. The van der Waals surface area contributed by atoms with Gasteiger partial charge in [0.15, 0.2) is 0 Å². The number of nitrogens with one attached hydrogen (secondary N) is 1. The third kappa shape index (κ3) is 3.21. The molecule has 0 amide bonds. The molecule has 106 valence electrons. The molecule has 2 rings (SSSR count). The van der Waals surface area contributed by atoms with Crippen LogP contribution in [0.3, 0.4) is 0 Å². The number of hydrogen-bond donors (Lipinski definition) is 2. The predicted octanol–water partition coefficient (Wildman–Crippen LogP) is 3.63. The molecule has 0 aromatic heterocycles. The summed E-state index contributed by atoms with van der Waals surface area (Å²) in [4.78, 5) is 0. The van der Waals surface area contributed by atoms with Gasteiger partial charge in [-0.25, -0.2) is 4.39 Å². The van der Waals surface area contributed by atoms with Crippen LogP contribution in [0.2, 0.25) is 5.02 Å². The molecule has 0 bridgehead atoms. The first-order chi connectivity index (χ1) is 9.65. The van der Waals surface area contributed by atoms with Crippen LogP contribution in [-0.2, 0) is 0 Å². The molecule has 0 aliphatic heterocycles. The Morgan fingerprint density at radius 3 is 2.55 bits per heavy atom. The Balaban J connectivity index is 2.21. The molecule has 2 aromatic carbocycles. The van der Waals surface area contributed by atoms with Gasteiger partial charge in [-0.2, -0.15) is 0 Å². The van der Waals surface area contributed by atoms with E-state index in [0.717, 1.165) is 11.4 Å². The van der Waals surface area contributed by atoms with Crippen LogP contribution in [0.1, 0.15) is 11.6 Å². The molecule has 0 saturated carbocycles. The molecular weight excluding hydrogens is 281 g/mol. The lowest BCUT2D eigenvalue weighted by Gasteiger charge is -2.19. The average Bonchev–Trinajstić information content (AvgIpc) is 2.48. The summed E-state index contributed by atoms with van der Waals surface area (Å²) >= 11 is 5.76. The fourth-order valence-corrected chi connectivity index (χ4v) is 2.08. The Bertz CT molecular complexity index is 575. The van der Waals surface area contributed by atoms with Crippen molar-refractivity contribution in [1.29, 1.82) is 0 Å². The number of ether oxygens (including phenoxy) is 1. The lowest BCUT2D eigenvalue weighted by molar-refractivity contribution is 0.274. The Morgan fingerprint density at radius 2 is 1.95 bits per heavy atom. The molecular formula is C15H15ClFNO2. The first kappa shape index (κ1) is 14.6. The minimum atomic E-state index is -0.568. The molecule has 0 heterocycles. The molecule has 0 radical (unpaired) electrons. The van der Waals surface area contributed by atoms with E-state index in [1.165, 1.54) is 6.07 Å². The number of halogens is 2. The van der Waals surface area contributed by atoms with E-state index in [9.17, 15) is 9.50 Å². The second kappa shape index (κ2) is 6.59. The number of anilines is 1. The van der Waals surface area contributed by atoms with E-state index in [1.54, 1.807) is 43.5 Å². The van der Waals surface area contributed by atoms with Gasteiger partial charge in [0.1, 0.15) is 11.6 Å². The fourth-order valence-electron chi connectivity index (χ4n) is 1.90. The summed E-state index contributed by atoms with van der Waals surface area (Å²) in [6, 6.07) is 11.3. The van der Waals surface area contributed by atoms with E-state index in [0.29, 0.717) is 5.56 Å². The first-order valence-corrected chi connectivity index (χ1v) is 6.49. The summed E-state index contributed by atoms with van der Waals surface area (Å²) in [5.41, 5.74) is 1.08. The minimum absolute atomic E-state index is 0.0393. The number of aliphatic hydroxyl groups excluding tert-OH is 1. The highest BCUT2D eigenvalue weighted by Gasteiger charge is 2.16. The van der Waals surface area contributed by atoms with Gasteiger partial charge >= 0.3 is 0 Å². The molecule has 0 fully saturated rings. The highest BCUT2D eigenvalue weighted by Crippen LogP contribution is 2.26. The summed E-state index contributed by atoms with van der Waals surface area (Å²) in [5, 5.41) is 12.6. The van der Waals surface area contributed by atoms with Crippen molar-refractivity contribution < 1.29 is 14.2 Å². The van der Waals surface area contributed by atoms with Gasteiger partial charge in [0.05, 0.1) is 24.8 Å². The summed E-state index contributed by atoms with van der Waals surface area (Å²) in [7, 11) is 1.58. The Labute approximate surface area is 122 Å². The average molecular weight is 296 g/mol. The number of hydrogen-bond acceptors (Lipinski definition) is 3. The monoisotopic (exact) mass is 295 g/mol. The Kier molecular flexibility index (Phi) is 4.82. The first-order valence-electron chi connectivity index (χ1n) is 6.11. The van der Waals surface area contributed by atoms with E-state index in [1.807, 2.05) is 0 Å². The van der Waals surface area contributed by atoms with Crippen molar-refractivity contribution in [3.8, 4) is 5.75 Å². The van der Waals surface area contributed by atoms with E-state index in [2.05, 4.69) is 5.32 Å². The molecule has 3 nitrogen and oxygen atoms in total. The SMILES string of the molecule is COc1ccc(NC(CO)c2cccc(Cl)c2F)cc1. The molecule has 2 aromatic rings. The van der Waals surface area contributed by atoms with Crippen molar-refractivity contribution in [3.05, 3.63) is 58.9 Å². The van der Waals surface area contributed by atoms with E-state index >= 15 is 0 Å². The maximum absolute atomic E-state index is 14.0. The van der Waals surface area contributed by atoms with Crippen LogP contribution in [0.25, 0.3) is 0 Å². The minimum Gasteiger partial charge on any atom is -0.497 e. The van der Waals surface area contributed by atoms with Crippen molar-refractivity contribution >= 4 is 17.3 Å². The van der Waals surface area contributed by atoms with Crippen LogP contribution >= 0.6 is 11.6 Å². The lowest BCUT2D eigenvalue weighted by atomic mass is 10.1. The Morgan fingerprint density at radius 1 is 1.25 bits per heavy atom. The van der Waals surface area contributed by atoms with Crippen molar-refractivity contribution in [3.63, 3.8) is 0 Å². The van der Waals surface area contributed by atoms with Gasteiger partial charge in [0.25, 0.3) is 0 Å². The molecule has 0 spiro atoms. The lowest BCUT2D eigenvalue weighted by Crippen LogP contribution is -2.16. The number of benzene rings is 2. The standard InChI is InChI=1S/C15H15ClFNO2/c1-20-11-7-5-10(6-8-11)18-14(9-19)12-3-2-4-13(16)15(12)17/h2-8,14,18-19H,9H2,1H3. The molecule has 0 aliphatic carbocycles. The van der Waals surface area contributed by atoms with Gasteiger partial charge in [-0.3, -0.25) is 0 Å². The van der Waals surface area contributed by atoms with Crippen molar-refractivity contribution in [2.45, 2.75) is 6.04 Å². The third-order valence-electron chi connectivity index (χ3n) is 2.97. The molecule has 2 N–H and O–H groups in total. The van der Waals surface area contributed by atoms with Crippen LogP contribution in [0.15, 0.2) is 42.5 Å². The van der Waals surface area contributed by atoms with Crippen LogP contribution in [-0.4, -0.2) is 18.8 Å². The number of methoxy groups -OCH3 is 1. The van der Waals surface area contributed by atoms with E-state index in [-0.39, 0.29) is 11.6 Å². The topological polar surface area (TPSA) is 41.5 Å². The van der Waals surface area contributed by atoms with Crippen molar-refractivity contribution in [1.82, 2.24) is 0 Å². The molecule has 0 aliphatic rings. The molecule has 0 saturated heterocycles. The van der Waals surface area contributed by atoms with Crippen LogP contribution in [0.4, 0.5) is 10.1 Å². The van der Waals surface area contributed by atoms with Crippen LogP contribution < -0.4 is 10.1 Å². The smallest absolute Gasteiger partial charge is 0.147 e. The highest BCUT2D eigenvalue weighted by molar-refractivity contribution is 6.30. The fraction of sp³-hybridized carbons (Fsp3) is 0.200. The van der Waals surface area contributed by atoms with Gasteiger partial charge < -0.3 is 15.2 Å². The molecule has 1 unspecified atom stereocenters. The second-order valence-corrected chi connectivity index (χ2v) is 4.66. The van der Waals surface area contributed by atoms with E-state index in [4.69, 9.17) is 16.3 Å². The number of rotatable bonds is 5. The normalized spacial score (nSPS) is 12.0. The molecule has 1 atom stereocenters. The second-order valence-electron chi connectivity index (χ2n) is 4.25. The summed E-state index contributed by atoms with van der Waals surface area (Å²) in [6.45, 7) is -0.247. The van der Waals surface area contributed by atoms with Gasteiger partial charge in [-0.05, 0) is 30.3 Å².